The van der Waals surface area contributed by atoms with Crippen LogP contribution in [0.2, 0.25) is 0 Å². The fourth-order valence-corrected chi connectivity index (χ4v) is 4.64. The number of ether oxygens (including phenoxy) is 1. The molecule has 1 aliphatic heterocycles. The van der Waals surface area contributed by atoms with E-state index in [2.05, 4.69) is 39.1 Å². The lowest BCUT2D eigenvalue weighted by molar-refractivity contribution is -0.130. The molecule has 4 heteroatoms. The predicted octanol–water partition coefficient (Wildman–Crippen LogP) is 4.22. The van der Waals surface area contributed by atoms with Gasteiger partial charge in [0, 0.05) is 4.88 Å². The van der Waals surface area contributed by atoms with E-state index in [4.69, 9.17) is 4.74 Å². The summed E-state index contributed by atoms with van der Waals surface area (Å²) in [4.78, 5) is 14.1. The van der Waals surface area contributed by atoms with Crippen LogP contribution in [0.4, 0.5) is 5.00 Å². The van der Waals surface area contributed by atoms with Crippen molar-refractivity contribution in [2.75, 3.05) is 11.9 Å². The van der Waals surface area contributed by atoms with Crippen LogP contribution in [0, 0.1) is 16.7 Å². The van der Waals surface area contributed by atoms with Crippen LogP contribution in [0.5, 0.6) is 0 Å². The van der Waals surface area contributed by atoms with Gasteiger partial charge in [-0.3, -0.25) is 4.79 Å². The van der Waals surface area contributed by atoms with E-state index < -0.39 is 0 Å². The number of amides is 1. The Hall–Kier alpha value is -0.870. The first-order valence-corrected chi connectivity index (χ1v) is 8.67. The highest BCUT2D eigenvalue weighted by atomic mass is 32.1. The fraction of sp³-hybridized carbons (Fsp3) is 0.706. The fourth-order valence-electron chi connectivity index (χ4n) is 3.60. The summed E-state index contributed by atoms with van der Waals surface area (Å²) >= 11 is 1.67. The molecule has 2 heterocycles. The number of anilines is 1. The second kappa shape index (κ2) is 5.10. The van der Waals surface area contributed by atoms with Crippen molar-refractivity contribution in [2.45, 2.75) is 53.6 Å². The third-order valence-corrected chi connectivity index (χ3v) is 7.18. The molecule has 1 saturated carbocycles. The van der Waals surface area contributed by atoms with E-state index in [0.29, 0.717) is 12.5 Å². The van der Waals surface area contributed by atoms with Gasteiger partial charge >= 0.3 is 0 Å². The van der Waals surface area contributed by atoms with Crippen molar-refractivity contribution in [3.63, 3.8) is 0 Å². The molecular formula is C17H25NO2S. The molecule has 0 radical (unpaired) electrons. The lowest BCUT2D eigenvalue weighted by Gasteiger charge is -2.39. The number of thiophene rings is 1. The summed E-state index contributed by atoms with van der Waals surface area (Å²) in [6.45, 7) is 10.3. The maximum absolute atomic E-state index is 12.9. The Balaban J connectivity index is 1.79. The second-order valence-electron chi connectivity index (χ2n) is 7.31. The van der Waals surface area contributed by atoms with E-state index in [1.807, 2.05) is 0 Å². The van der Waals surface area contributed by atoms with Gasteiger partial charge in [0.2, 0.25) is 5.91 Å². The molecule has 1 aromatic heterocycles. The number of carbonyl (C=O) groups excluding carboxylic acids is 1. The van der Waals surface area contributed by atoms with Crippen LogP contribution in [-0.2, 0) is 22.6 Å². The highest BCUT2D eigenvalue weighted by molar-refractivity contribution is 7.16. The summed E-state index contributed by atoms with van der Waals surface area (Å²) < 4.78 is 5.48. The molecule has 0 spiro atoms. The Morgan fingerprint density at radius 3 is 2.81 bits per heavy atom. The number of nitrogens with one attached hydrogen (secondary N) is 1. The summed E-state index contributed by atoms with van der Waals surface area (Å²) in [5.74, 6) is 0.759. The van der Waals surface area contributed by atoms with Gasteiger partial charge in [-0.25, -0.2) is 0 Å². The number of fused-ring (bicyclic) bond motifs is 1. The van der Waals surface area contributed by atoms with Crippen molar-refractivity contribution >= 4 is 22.2 Å². The van der Waals surface area contributed by atoms with Crippen LogP contribution in [0.15, 0.2) is 6.07 Å². The van der Waals surface area contributed by atoms with Crippen LogP contribution in [0.25, 0.3) is 0 Å². The summed E-state index contributed by atoms with van der Waals surface area (Å²) in [6.07, 6.45) is 3.06. The SMILES string of the molecule is CC1CCC(C)(C(=O)Nc2cc3c(s2)COCC3)C1(C)C. The number of hydrogen-bond donors (Lipinski definition) is 1. The molecule has 2 aliphatic rings. The van der Waals surface area contributed by atoms with Crippen molar-refractivity contribution in [3.8, 4) is 0 Å². The topological polar surface area (TPSA) is 38.3 Å². The van der Waals surface area contributed by atoms with Crippen molar-refractivity contribution in [1.29, 1.82) is 0 Å². The standard InChI is InChI=1S/C17H25NO2S/c1-11-5-7-17(4,16(11,2)3)15(19)18-14-9-12-6-8-20-10-13(12)21-14/h9,11H,5-8,10H2,1-4H3,(H,18,19). The maximum atomic E-state index is 12.9. The zero-order chi connectivity index (χ0) is 15.3. The van der Waals surface area contributed by atoms with Gasteiger partial charge in [0.25, 0.3) is 0 Å². The summed E-state index contributed by atoms with van der Waals surface area (Å²) in [7, 11) is 0. The van der Waals surface area contributed by atoms with Crippen LogP contribution >= 0.6 is 11.3 Å². The Kier molecular flexibility index (Phi) is 3.65. The molecule has 1 N–H and O–H groups in total. The molecule has 1 fully saturated rings. The molecule has 1 amide bonds. The molecule has 2 unspecified atom stereocenters. The van der Waals surface area contributed by atoms with E-state index in [-0.39, 0.29) is 16.7 Å². The molecule has 3 nitrogen and oxygen atoms in total. The number of rotatable bonds is 2. The highest BCUT2D eigenvalue weighted by Crippen LogP contribution is 2.56. The van der Waals surface area contributed by atoms with Gasteiger partial charge < -0.3 is 10.1 Å². The summed E-state index contributed by atoms with van der Waals surface area (Å²) in [6, 6.07) is 2.13. The lowest BCUT2D eigenvalue weighted by atomic mass is 9.65. The highest BCUT2D eigenvalue weighted by Gasteiger charge is 2.54. The molecule has 3 rings (SSSR count). The smallest absolute Gasteiger partial charge is 0.231 e. The predicted molar refractivity (Wildman–Crippen MR) is 86.6 cm³/mol. The van der Waals surface area contributed by atoms with E-state index in [9.17, 15) is 4.79 Å². The van der Waals surface area contributed by atoms with Crippen molar-refractivity contribution in [3.05, 3.63) is 16.5 Å². The lowest BCUT2D eigenvalue weighted by Crippen LogP contribution is -2.43. The third kappa shape index (κ3) is 2.33. The molecule has 1 aliphatic carbocycles. The van der Waals surface area contributed by atoms with Gasteiger partial charge in [-0.1, -0.05) is 27.7 Å². The van der Waals surface area contributed by atoms with E-state index in [1.165, 1.54) is 10.4 Å². The molecule has 1 aromatic rings. The van der Waals surface area contributed by atoms with Gasteiger partial charge in [-0.05, 0) is 42.2 Å². The van der Waals surface area contributed by atoms with Crippen LogP contribution in [-0.4, -0.2) is 12.5 Å². The molecule has 0 saturated heterocycles. The Morgan fingerprint density at radius 1 is 1.43 bits per heavy atom. The average molecular weight is 307 g/mol. The first-order chi connectivity index (χ1) is 9.84. The Bertz CT molecular complexity index is 540. The third-order valence-electron chi connectivity index (χ3n) is 6.11. The first-order valence-electron chi connectivity index (χ1n) is 7.85. The zero-order valence-corrected chi connectivity index (χ0v) is 14.2. The van der Waals surface area contributed by atoms with Crippen molar-refractivity contribution in [2.24, 2.45) is 16.7 Å². The van der Waals surface area contributed by atoms with Crippen LogP contribution in [0.3, 0.4) is 0 Å². The van der Waals surface area contributed by atoms with Crippen LogP contribution in [0.1, 0.15) is 51.0 Å². The molecule has 116 valence electrons. The average Bonchev–Trinajstić information content (AvgIpc) is 2.93. The second-order valence-corrected chi connectivity index (χ2v) is 8.45. The molecule has 21 heavy (non-hydrogen) atoms. The van der Waals surface area contributed by atoms with Crippen molar-refractivity contribution in [1.82, 2.24) is 0 Å². The van der Waals surface area contributed by atoms with Crippen molar-refractivity contribution < 1.29 is 9.53 Å². The zero-order valence-electron chi connectivity index (χ0n) is 13.4. The summed E-state index contributed by atoms with van der Waals surface area (Å²) in [5.41, 5.74) is 1.09. The first kappa shape index (κ1) is 15.0. The van der Waals surface area contributed by atoms with Gasteiger partial charge in [-0.15, -0.1) is 11.3 Å². The molecule has 2 atom stereocenters. The van der Waals surface area contributed by atoms with Crippen LogP contribution < -0.4 is 5.32 Å². The Morgan fingerprint density at radius 2 is 2.19 bits per heavy atom. The van der Waals surface area contributed by atoms with E-state index in [1.54, 1.807) is 11.3 Å². The molecule has 0 aromatic carbocycles. The van der Waals surface area contributed by atoms with Gasteiger partial charge in [0.05, 0.1) is 23.6 Å². The number of carbonyl (C=O) groups is 1. The maximum Gasteiger partial charge on any atom is 0.231 e. The Labute approximate surface area is 131 Å². The quantitative estimate of drug-likeness (QED) is 0.888. The van der Waals surface area contributed by atoms with Gasteiger partial charge in [0.1, 0.15) is 0 Å². The minimum Gasteiger partial charge on any atom is -0.376 e. The van der Waals surface area contributed by atoms with Gasteiger partial charge in [-0.2, -0.15) is 0 Å². The van der Waals surface area contributed by atoms with E-state index in [0.717, 1.165) is 30.9 Å². The normalized spacial score (nSPS) is 31.0. The number of hydrogen-bond acceptors (Lipinski definition) is 3. The van der Waals surface area contributed by atoms with Gasteiger partial charge in [0.15, 0.2) is 0 Å². The minimum atomic E-state index is -0.284. The molecular weight excluding hydrogens is 282 g/mol. The monoisotopic (exact) mass is 307 g/mol. The minimum absolute atomic E-state index is 0.0388. The molecule has 0 bridgehead atoms. The summed E-state index contributed by atoms with van der Waals surface area (Å²) in [5, 5.41) is 4.16. The van der Waals surface area contributed by atoms with E-state index >= 15 is 0 Å². The largest absolute Gasteiger partial charge is 0.376 e.